The van der Waals surface area contributed by atoms with E-state index in [1.54, 1.807) is 31.2 Å². The lowest BCUT2D eigenvalue weighted by atomic mass is 10.1. The zero-order chi connectivity index (χ0) is 19.9. The highest BCUT2D eigenvalue weighted by Gasteiger charge is 2.17. The molecule has 148 valence electrons. The van der Waals surface area contributed by atoms with E-state index in [1.165, 1.54) is 0 Å². The fourth-order valence-corrected chi connectivity index (χ4v) is 2.94. The average molecular weight is 382 g/mol. The molecule has 0 bridgehead atoms. The first-order chi connectivity index (χ1) is 13.5. The van der Waals surface area contributed by atoms with Crippen LogP contribution in [0.5, 0.6) is 5.75 Å². The van der Waals surface area contributed by atoms with Gasteiger partial charge in [-0.05, 0) is 63.1 Å². The van der Waals surface area contributed by atoms with Crippen LogP contribution in [0.3, 0.4) is 0 Å². The molecule has 28 heavy (non-hydrogen) atoms. The third kappa shape index (κ3) is 5.57. The molecule has 0 aliphatic carbocycles. The molecule has 2 aromatic rings. The second kappa shape index (κ2) is 9.37. The molecule has 1 heterocycles. The lowest BCUT2D eigenvalue weighted by Crippen LogP contribution is -2.32. The summed E-state index contributed by atoms with van der Waals surface area (Å²) in [5, 5.41) is 5.68. The number of nitrogens with one attached hydrogen (secondary N) is 2. The van der Waals surface area contributed by atoms with Gasteiger partial charge in [-0.25, -0.2) is 0 Å². The Kier molecular flexibility index (Phi) is 6.66. The molecule has 1 fully saturated rings. The zero-order valence-electron chi connectivity index (χ0n) is 16.2. The highest BCUT2D eigenvalue weighted by Crippen LogP contribution is 2.15. The van der Waals surface area contributed by atoms with E-state index >= 15 is 0 Å². The minimum Gasteiger partial charge on any atom is -0.481 e. The number of carbonyl (C=O) groups is 2. The summed E-state index contributed by atoms with van der Waals surface area (Å²) in [6.07, 6.45) is 1.49. The molecule has 1 aliphatic heterocycles. The van der Waals surface area contributed by atoms with Crippen molar-refractivity contribution in [3.05, 3.63) is 59.7 Å². The second-order valence-electron chi connectivity index (χ2n) is 6.98. The Balaban J connectivity index is 1.49. The number of anilines is 1. The molecule has 0 aromatic heterocycles. The quantitative estimate of drug-likeness (QED) is 0.770. The number of hydrogen-bond donors (Lipinski definition) is 2. The molecule has 0 saturated carbocycles. The molecule has 0 radical (unpaired) electrons. The smallest absolute Gasteiger partial charge is 0.265 e. The van der Waals surface area contributed by atoms with E-state index in [9.17, 15) is 9.59 Å². The molecule has 6 nitrogen and oxygen atoms in total. The van der Waals surface area contributed by atoms with Gasteiger partial charge in [0.25, 0.3) is 11.8 Å². The van der Waals surface area contributed by atoms with Gasteiger partial charge in [-0.15, -0.1) is 0 Å². The first-order valence-electron chi connectivity index (χ1n) is 9.55. The third-order valence-corrected chi connectivity index (χ3v) is 4.63. The topological polar surface area (TPSA) is 76.7 Å². The highest BCUT2D eigenvalue weighted by atomic mass is 16.5. The zero-order valence-corrected chi connectivity index (χ0v) is 16.2. The Hall–Kier alpha value is -2.86. The van der Waals surface area contributed by atoms with Crippen molar-refractivity contribution < 1.29 is 19.1 Å². The maximum Gasteiger partial charge on any atom is 0.265 e. The summed E-state index contributed by atoms with van der Waals surface area (Å²) < 4.78 is 11.2. The molecule has 1 saturated heterocycles. The van der Waals surface area contributed by atoms with Gasteiger partial charge in [-0.1, -0.05) is 17.7 Å². The lowest BCUT2D eigenvalue weighted by molar-refractivity contribution is -0.122. The van der Waals surface area contributed by atoms with Crippen molar-refractivity contribution in [2.75, 3.05) is 18.5 Å². The Morgan fingerprint density at radius 2 is 1.86 bits per heavy atom. The van der Waals surface area contributed by atoms with Crippen LogP contribution >= 0.6 is 0 Å². The van der Waals surface area contributed by atoms with E-state index in [0.717, 1.165) is 25.0 Å². The number of amides is 2. The number of benzene rings is 2. The summed E-state index contributed by atoms with van der Waals surface area (Å²) in [5.74, 6) is 0.243. The van der Waals surface area contributed by atoms with E-state index in [0.29, 0.717) is 23.5 Å². The predicted octanol–water partition coefficient (Wildman–Crippen LogP) is 3.31. The molecule has 6 heteroatoms. The van der Waals surface area contributed by atoms with Crippen LogP contribution in [0.25, 0.3) is 0 Å². The van der Waals surface area contributed by atoms with E-state index in [1.807, 2.05) is 31.2 Å². The summed E-state index contributed by atoms with van der Waals surface area (Å²) in [5.41, 5.74) is 2.28. The largest absolute Gasteiger partial charge is 0.481 e. The Bertz CT molecular complexity index is 796. The monoisotopic (exact) mass is 382 g/mol. The summed E-state index contributed by atoms with van der Waals surface area (Å²) in [6, 6.07) is 14.3. The molecular weight excluding hydrogens is 356 g/mol. The minimum atomic E-state index is -0.642. The Morgan fingerprint density at radius 1 is 1.14 bits per heavy atom. The minimum absolute atomic E-state index is 0.109. The van der Waals surface area contributed by atoms with Crippen molar-refractivity contribution in [3.63, 3.8) is 0 Å². The van der Waals surface area contributed by atoms with Gasteiger partial charge >= 0.3 is 0 Å². The SMILES string of the molecule is Cc1ccc(O[C@H](C)C(=O)Nc2ccc(C(=O)NC[C@@H]3CCCO3)cc2)cc1. The summed E-state index contributed by atoms with van der Waals surface area (Å²) in [6.45, 7) is 4.97. The fraction of sp³-hybridized carbons (Fsp3) is 0.364. The standard InChI is InChI=1S/C22H26N2O4/c1-15-5-11-19(12-6-15)28-16(2)21(25)24-18-9-7-17(8-10-18)22(26)23-14-20-4-3-13-27-20/h5-12,16,20H,3-4,13-14H2,1-2H3,(H,23,26)(H,24,25)/t16-,20+/m1/s1. The Morgan fingerprint density at radius 3 is 2.50 bits per heavy atom. The number of hydrogen-bond acceptors (Lipinski definition) is 4. The van der Waals surface area contributed by atoms with Gasteiger partial charge < -0.3 is 20.1 Å². The predicted molar refractivity (Wildman–Crippen MR) is 108 cm³/mol. The number of carbonyl (C=O) groups excluding carboxylic acids is 2. The van der Waals surface area contributed by atoms with E-state index in [-0.39, 0.29) is 17.9 Å². The molecule has 0 unspecified atom stereocenters. The van der Waals surface area contributed by atoms with Crippen LogP contribution in [0.2, 0.25) is 0 Å². The van der Waals surface area contributed by atoms with Gasteiger partial charge in [0.2, 0.25) is 0 Å². The maximum atomic E-state index is 12.3. The molecule has 2 atom stereocenters. The summed E-state index contributed by atoms with van der Waals surface area (Å²) in [4.78, 5) is 24.5. The van der Waals surface area contributed by atoms with E-state index < -0.39 is 6.10 Å². The summed E-state index contributed by atoms with van der Waals surface area (Å²) in [7, 11) is 0. The molecule has 2 amide bonds. The molecule has 0 spiro atoms. The first-order valence-corrected chi connectivity index (χ1v) is 9.55. The van der Waals surface area contributed by atoms with Gasteiger partial charge in [0.05, 0.1) is 6.10 Å². The lowest BCUT2D eigenvalue weighted by Gasteiger charge is -2.15. The van der Waals surface area contributed by atoms with Crippen LogP contribution in [0.1, 0.15) is 35.7 Å². The maximum absolute atomic E-state index is 12.3. The van der Waals surface area contributed by atoms with Crippen molar-refractivity contribution in [3.8, 4) is 5.75 Å². The van der Waals surface area contributed by atoms with Crippen molar-refractivity contribution >= 4 is 17.5 Å². The number of ether oxygens (including phenoxy) is 2. The van der Waals surface area contributed by atoms with Crippen molar-refractivity contribution in [1.82, 2.24) is 5.32 Å². The Labute approximate surface area is 165 Å². The van der Waals surface area contributed by atoms with Crippen LogP contribution < -0.4 is 15.4 Å². The van der Waals surface area contributed by atoms with Crippen LogP contribution in [-0.2, 0) is 9.53 Å². The van der Waals surface area contributed by atoms with Crippen LogP contribution in [0.4, 0.5) is 5.69 Å². The molecule has 1 aliphatic rings. The van der Waals surface area contributed by atoms with Crippen molar-refractivity contribution in [1.29, 1.82) is 0 Å². The van der Waals surface area contributed by atoms with Gasteiger partial charge in [0, 0.05) is 24.4 Å². The first kappa shape index (κ1) is 19.9. The van der Waals surface area contributed by atoms with Crippen molar-refractivity contribution in [2.24, 2.45) is 0 Å². The van der Waals surface area contributed by atoms with Gasteiger partial charge in [0.1, 0.15) is 5.75 Å². The summed E-state index contributed by atoms with van der Waals surface area (Å²) >= 11 is 0. The second-order valence-corrected chi connectivity index (χ2v) is 6.98. The number of rotatable bonds is 7. The normalized spacial score (nSPS) is 17.0. The van der Waals surface area contributed by atoms with Gasteiger partial charge in [-0.3, -0.25) is 9.59 Å². The molecule has 2 aromatic carbocycles. The van der Waals surface area contributed by atoms with Gasteiger partial charge in [-0.2, -0.15) is 0 Å². The van der Waals surface area contributed by atoms with Crippen LogP contribution in [0.15, 0.2) is 48.5 Å². The fourth-order valence-electron chi connectivity index (χ4n) is 2.94. The third-order valence-electron chi connectivity index (χ3n) is 4.63. The van der Waals surface area contributed by atoms with Crippen LogP contribution in [0, 0.1) is 6.92 Å². The number of aryl methyl sites for hydroxylation is 1. The van der Waals surface area contributed by atoms with E-state index in [2.05, 4.69) is 10.6 Å². The molecule has 3 rings (SSSR count). The molecule has 2 N–H and O–H groups in total. The average Bonchev–Trinajstić information content (AvgIpc) is 3.22. The van der Waals surface area contributed by atoms with Gasteiger partial charge in [0.15, 0.2) is 6.10 Å². The van der Waals surface area contributed by atoms with Crippen molar-refractivity contribution in [2.45, 2.75) is 38.9 Å². The molecular formula is C22H26N2O4. The van der Waals surface area contributed by atoms with Crippen LogP contribution in [-0.4, -0.2) is 37.2 Å². The van der Waals surface area contributed by atoms with E-state index in [4.69, 9.17) is 9.47 Å². The highest BCUT2D eigenvalue weighted by molar-refractivity contribution is 5.96.